The van der Waals surface area contributed by atoms with E-state index in [1.165, 1.54) is 12.8 Å². The zero-order valence-corrected chi connectivity index (χ0v) is 16.1. The van der Waals surface area contributed by atoms with E-state index in [2.05, 4.69) is 67.2 Å². The molecule has 138 valence electrons. The van der Waals surface area contributed by atoms with Gasteiger partial charge in [0.05, 0.1) is 29.1 Å². The van der Waals surface area contributed by atoms with E-state index in [0.717, 1.165) is 35.5 Å². The zero-order chi connectivity index (χ0) is 18.4. The summed E-state index contributed by atoms with van der Waals surface area (Å²) < 4.78 is 12.3. The van der Waals surface area contributed by atoms with Gasteiger partial charge >= 0.3 is 7.12 Å². The minimum Gasteiger partial charge on any atom is -0.399 e. The molecule has 4 rings (SSSR count). The second-order valence-corrected chi connectivity index (χ2v) is 8.39. The van der Waals surface area contributed by atoms with Crippen molar-refractivity contribution in [1.29, 1.82) is 0 Å². The molecule has 2 aliphatic rings. The standard InChI is InChI=1S/C20H28BN3O2/c1-19(2)20(3,4)26-21(25-19)15-10-8-14(9-11-15)17-13-23-18(24-17)16-7-5-6-12-22-16/h8-11,13,16,22H,5-7,12H2,1-4H3,(H,23,24). The summed E-state index contributed by atoms with van der Waals surface area (Å²) in [5.41, 5.74) is 2.58. The normalized spacial score (nSPS) is 24.8. The van der Waals surface area contributed by atoms with Crippen molar-refractivity contribution in [3.05, 3.63) is 36.3 Å². The Morgan fingerprint density at radius 1 is 1.04 bits per heavy atom. The number of aromatic amines is 1. The van der Waals surface area contributed by atoms with Gasteiger partial charge in [-0.25, -0.2) is 4.98 Å². The van der Waals surface area contributed by atoms with Crippen LogP contribution in [0.3, 0.4) is 0 Å². The molecule has 1 aromatic heterocycles. The van der Waals surface area contributed by atoms with E-state index in [1.807, 2.05) is 6.20 Å². The van der Waals surface area contributed by atoms with E-state index < -0.39 is 0 Å². The zero-order valence-electron chi connectivity index (χ0n) is 16.1. The summed E-state index contributed by atoms with van der Waals surface area (Å²) in [5.74, 6) is 1.04. The quantitative estimate of drug-likeness (QED) is 0.832. The second-order valence-electron chi connectivity index (χ2n) is 8.39. The molecule has 2 saturated heterocycles. The smallest absolute Gasteiger partial charge is 0.399 e. The van der Waals surface area contributed by atoms with Gasteiger partial charge < -0.3 is 19.6 Å². The Bertz CT molecular complexity index is 748. The highest BCUT2D eigenvalue weighted by molar-refractivity contribution is 6.62. The molecule has 5 nitrogen and oxygen atoms in total. The molecule has 26 heavy (non-hydrogen) atoms. The number of benzene rings is 1. The van der Waals surface area contributed by atoms with Gasteiger partial charge in [-0.15, -0.1) is 0 Å². The number of H-pyrrole nitrogens is 1. The average molecular weight is 353 g/mol. The maximum absolute atomic E-state index is 6.13. The monoisotopic (exact) mass is 353 g/mol. The SMILES string of the molecule is CC1(C)OB(c2ccc(-c3cnc(C4CCCCN4)[nH]3)cc2)OC1(C)C. The van der Waals surface area contributed by atoms with Crippen LogP contribution >= 0.6 is 0 Å². The van der Waals surface area contributed by atoms with Gasteiger partial charge in [0.2, 0.25) is 0 Å². The van der Waals surface area contributed by atoms with Crippen LogP contribution in [0.2, 0.25) is 0 Å². The lowest BCUT2D eigenvalue weighted by molar-refractivity contribution is 0.00578. The Hall–Kier alpha value is -1.63. The molecule has 0 spiro atoms. The molecule has 1 atom stereocenters. The predicted molar refractivity (Wildman–Crippen MR) is 104 cm³/mol. The first kappa shape index (κ1) is 17.8. The van der Waals surface area contributed by atoms with Gasteiger partial charge in [-0.1, -0.05) is 30.7 Å². The van der Waals surface area contributed by atoms with Crippen molar-refractivity contribution in [2.45, 2.75) is 64.2 Å². The van der Waals surface area contributed by atoms with Crippen LogP contribution in [0.1, 0.15) is 58.8 Å². The van der Waals surface area contributed by atoms with Crippen molar-refractivity contribution < 1.29 is 9.31 Å². The predicted octanol–water partition coefficient (Wildman–Crippen LogP) is 3.19. The first-order valence-corrected chi connectivity index (χ1v) is 9.60. The summed E-state index contributed by atoms with van der Waals surface area (Å²) in [6, 6.07) is 8.72. The van der Waals surface area contributed by atoms with Gasteiger partial charge in [-0.2, -0.15) is 0 Å². The first-order valence-electron chi connectivity index (χ1n) is 9.60. The van der Waals surface area contributed by atoms with Crippen molar-refractivity contribution in [3.63, 3.8) is 0 Å². The molecule has 2 aromatic rings. The molecule has 0 aliphatic carbocycles. The van der Waals surface area contributed by atoms with Crippen molar-refractivity contribution in [3.8, 4) is 11.3 Å². The number of hydrogen-bond donors (Lipinski definition) is 2. The molecule has 1 aromatic carbocycles. The molecule has 1 unspecified atom stereocenters. The van der Waals surface area contributed by atoms with Gasteiger partial charge in [0.25, 0.3) is 0 Å². The lowest BCUT2D eigenvalue weighted by Crippen LogP contribution is -2.41. The maximum Gasteiger partial charge on any atom is 0.494 e. The number of nitrogens with one attached hydrogen (secondary N) is 2. The lowest BCUT2D eigenvalue weighted by Gasteiger charge is -2.32. The molecule has 6 heteroatoms. The van der Waals surface area contributed by atoms with Crippen molar-refractivity contribution in [1.82, 2.24) is 15.3 Å². The largest absolute Gasteiger partial charge is 0.494 e. The molecule has 2 aliphatic heterocycles. The van der Waals surface area contributed by atoms with Crippen LogP contribution in [-0.2, 0) is 9.31 Å². The second kappa shape index (κ2) is 6.52. The highest BCUT2D eigenvalue weighted by Crippen LogP contribution is 2.36. The van der Waals surface area contributed by atoms with E-state index in [-0.39, 0.29) is 18.3 Å². The molecule has 0 saturated carbocycles. The minimum atomic E-state index is -0.321. The van der Waals surface area contributed by atoms with Crippen molar-refractivity contribution in [2.75, 3.05) is 6.54 Å². The molecule has 3 heterocycles. The topological polar surface area (TPSA) is 59.2 Å². The molecule has 0 bridgehead atoms. The molecule has 0 amide bonds. The average Bonchev–Trinajstić information content (AvgIpc) is 3.19. The third kappa shape index (κ3) is 3.22. The van der Waals surface area contributed by atoms with E-state index in [0.29, 0.717) is 6.04 Å². The summed E-state index contributed by atoms with van der Waals surface area (Å²) in [4.78, 5) is 8.06. The third-order valence-corrected chi connectivity index (χ3v) is 5.98. The minimum absolute atomic E-state index is 0.318. The Labute approximate surface area is 156 Å². The highest BCUT2D eigenvalue weighted by atomic mass is 16.7. The summed E-state index contributed by atoms with van der Waals surface area (Å²) in [7, 11) is -0.321. The van der Waals surface area contributed by atoms with Crippen LogP contribution in [-0.4, -0.2) is 34.8 Å². The first-order chi connectivity index (χ1) is 12.4. The van der Waals surface area contributed by atoms with Crippen LogP contribution in [0.25, 0.3) is 11.3 Å². The van der Waals surface area contributed by atoms with Crippen LogP contribution in [0.5, 0.6) is 0 Å². The summed E-state index contributed by atoms with van der Waals surface area (Å²) in [6.07, 6.45) is 5.59. The molecule has 2 N–H and O–H groups in total. The Morgan fingerprint density at radius 2 is 1.73 bits per heavy atom. The molecule has 2 fully saturated rings. The lowest BCUT2D eigenvalue weighted by atomic mass is 9.79. The fourth-order valence-corrected chi connectivity index (χ4v) is 3.54. The molecular formula is C20H28BN3O2. The number of rotatable bonds is 3. The fraction of sp³-hybridized carbons (Fsp3) is 0.550. The number of hydrogen-bond acceptors (Lipinski definition) is 4. The van der Waals surface area contributed by atoms with Gasteiger partial charge in [-0.05, 0) is 58.1 Å². The van der Waals surface area contributed by atoms with E-state index >= 15 is 0 Å². The van der Waals surface area contributed by atoms with Crippen LogP contribution in [0.4, 0.5) is 0 Å². The van der Waals surface area contributed by atoms with Crippen molar-refractivity contribution >= 4 is 12.6 Å². The Kier molecular flexibility index (Phi) is 4.45. The molecular weight excluding hydrogens is 325 g/mol. The van der Waals surface area contributed by atoms with Gasteiger partial charge in [-0.3, -0.25) is 0 Å². The maximum atomic E-state index is 6.13. The van der Waals surface area contributed by atoms with E-state index in [9.17, 15) is 0 Å². The highest BCUT2D eigenvalue weighted by Gasteiger charge is 2.51. The van der Waals surface area contributed by atoms with Crippen LogP contribution in [0, 0.1) is 0 Å². The number of piperidine rings is 1. The van der Waals surface area contributed by atoms with Crippen LogP contribution in [0.15, 0.2) is 30.5 Å². The van der Waals surface area contributed by atoms with Crippen LogP contribution < -0.4 is 10.8 Å². The third-order valence-electron chi connectivity index (χ3n) is 5.98. The van der Waals surface area contributed by atoms with E-state index in [4.69, 9.17) is 9.31 Å². The van der Waals surface area contributed by atoms with Gasteiger partial charge in [0, 0.05) is 0 Å². The van der Waals surface area contributed by atoms with Gasteiger partial charge in [0.1, 0.15) is 5.82 Å². The summed E-state index contributed by atoms with van der Waals surface area (Å²) in [6.45, 7) is 9.38. The Morgan fingerprint density at radius 3 is 2.35 bits per heavy atom. The summed E-state index contributed by atoms with van der Waals surface area (Å²) in [5, 5.41) is 3.53. The van der Waals surface area contributed by atoms with E-state index in [1.54, 1.807) is 0 Å². The fourth-order valence-electron chi connectivity index (χ4n) is 3.54. The molecule has 0 radical (unpaired) electrons. The number of aromatic nitrogens is 2. The summed E-state index contributed by atoms with van der Waals surface area (Å²) >= 11 is 0. The number of nitrogens with zero attached hydrogens (tertiary/aromatic N) is 1. The van der Waals surface area contributed by atoms with Gasteiger partial charge in [0.15, 0.2) is 0 Å². The number of imidazole rings is 1. The van der Waals surface area contributed by atoms with Crippen molar-refractivity contribution in [2.24, 2.45) is 0 Å². The Balaban J connectivity index is 1.49.